The molecule has 0 radical (unpaired) electrons. The van der Waals surface area contributed by atoms with E-state index in [0.717, 1.165) is 32.7 Å². The third-order valence-corrected chi connectivity index (χ3v) is 7.54. The summed E-state index contributed by atoms with van der Waals surface area (Å²) in [5.74, 6) is 0.672. The third-order valence-electron chi connectivity index (χ3n) is 6.01. The Morgan fingerprint density at radius 1 is 1.14 bits per heavy atom. The molecule has 0 saturated carbocycles. The Balaban J connectivity index is 1.35. The maximum absolute atomic E-state index is 12.8. The number of aromatic nitrogens is 1. The summed E-state index contributed by atoms with van der Waals surface area (Å²) in [4.78, 5) is 20.4. The van der Waals surface area contributed by atoms with E-state index in [9.17, 15) is 4.79 Å². The molecule has 2 unspecified atom stereocenters. The van der Waals surface area contributed by atoms with Crippen LogP contribution in [0.25, 0.3) is 0 Å². The van der Waals surface area contributed by atoms with Gasteiger partial charge >= 0.3 is 0 Å². The highest BCUT2D eigenvalue weighted by molar-refractivity contribution is 7.99. The summed E-state index contributed by atoms with van der Waals surface area (Å²) in [5.41, 5.74) is 2.72. The molecule has 0 bridgehead atoms. The van der Waals surface area contributed by atoms with Crippen molar-refractivity contribution in [2.75, 3.05) is 11.9 Å². The Morgan fingerprint density at radius 3 is 2.73 bits per heavy atom. The lowest BCUT2D eigenvalue weighted by Crippen LogP contribution is -2.32. The molecule has 0 spiro atoms. The van der Waals surface area contributed by atoms with Gasteiger partial charge in [0.15, 0.2) is 10.2 Å². The highest BCUT2D eigenvalue weighted by Crippen LogP contribution is 2.41. The van der Waals surface area contributed by atoms with Crippen LogP contribution >= 0.6 is 35.6 Å². The average molecular weight is 549 g/mol. The Kier molecular flexibility index (Phi) is 7.79. The first-order valence-electron chi connectivity index (χ1n) is 11.8. The molecule has 1 fully saturated rings. The molecule has 2 aromatic heterocycles. The van der Waals surface area contributed by atoms with Crippen molar-refractivity contribution in [1.29, 1.82) is 0 Å². The fourth-order valence-electron chi connectivity index (χ4n) is 4.29. The van der Waals surface area contributed by atoms with Crippen LogP contribution in [0, 0.1) is 6.92 Å². The van der Waals surface area contributed by atoms with Crippen molar-refractivity contribution < 1.29 is 9.21 Å². The molecule has 5 rings (SSSR count). The van der Waals surface area contributed by atoms with Crippen molar-refractivity contribution in [1.82, 2.24) is 15.2 Å². The number of hydrogen-bond donors (Lipinski definition) is 2. The number of nitrogens with one attached hydrogen (secondary N) is 2. The van der Waals surface area contributed by atoms with E-state index in [-0.39, 0.29) is 24.4 Å². The van der Waals surface area contributed by atoms with Crippen molar-refractivity contribution in [2.45, 2.75) is 35.4 Å². The van der Waals surface area contributed by atoms with E-state index in [1.54, 1.807) is 6.20 Å². The number of thiocarbonyl (C=S) groups is 1. The van der Waals surface area contributed by atoms with Crippen LogP contribution in [0.5, 0.6) is 0 Å². The smallest absolute Gasteiger partial charge is 0.226 e. The van der Waals surface area contributed by atoms with E-state index in [4.69, 9.17) is 28.2 Å². The van der Waals surface area contributed by atoms with Gasteiger partial charge in [-0.15, -0.1) is 0 Å². The van der Waals surface area contributed by atoms with Crippen LogP contribution in [0.15, 0.2) is 99.5 Å². The molecule has 2 N–H and O–H groups in total. The average Bonchev–Trinajstić information content (AvgIpc) is 3.48. The molecule has 37 heavy (non-hydrogen) atoms. The quantitative estimate of drug-likeness (QED) is 0.235. The zero-order valence-electron chi connectivity index (χ0n) is 20.1. The topological polar surface area (TPSA) is 70.4 Å². The Morgan fingerprint density at radius 2 is 1.97 bits per heavy atom. The number of furan rings is 1. The minimum atomic E-state index is -0.256. The molecule has 6 nitrogen and oxygen atoms in total. The van der Waals surface area contributed by atoms with Crippen LogP contribution < -0.4 is 10.6 Å². The largest absolute Gasteiger partial charge is 0.452 e. The molecular weight excluding hydrogens is 524 g/mol. The molecule has 1 aliphatic heterocycles. The zero-order chi connectivity index (χ0) is 25.8. The number of anilines is 1. The summed E-state index contributed by atoms with van der Waals surface area (Å²) in [6.45, 7) is 2.42. The van der Waals surface area contributed by atoms with Gasteiger partial charge in [0, 0.05) is 34.8 Å². The maximum atomic E-state index is 12.8. The lowest BCUT2D eigenvalue weighted by Gasteiger charge is -2.25. The monoisotopic (exact) mass is 548 g/mol. The van der Waals surface area contributed by atoms with Crippen molar-refractivity contribution in [3.63, 3.8) is 0 Å². The zero-order valence-corrected chi connectivity index (χ0v) is 22.4. The van der Waals surface area contributed by atoms with Gasteiger partial charge in [0.25, 0.3) is 0 Å². The van der Waals surface area contributed by atoms with Crippen molar-refractivity contribution in [2.24, 2.45) is 0 Å². The number of rotatable bonds is 8. The van der Waals surface area contributed by atoms with E-state index in [2.05, 4.69) is 15.6 Å². The molecular formula is C28H25ClN4O2S2. The van der Waals surface area contributed by atoms with Crippen LogP contribution in [-0.2, 0) is 4.79 Å². The highest BCUT2D eigenvalue weighted by Gasteiger charge is 2.41. The molecule has 9 heteroatoms. The van der Waals surface area contributed by atoms with E-state index in [0.29, 0.717) is 16.7 Å². The summed E-state index contributed by atoms with van der Waals surface area (Å²) in [6, 6.07) is 24.6. The first kappa shape index (κ1) is 25.3. The Hall–Kier alpha value is -3.33. The number of carbonyl (C=O) groups excluding carboxylic acids is 1. The molecule has 188 valence electrons. The van der Waals surface area contributed by atoms with Crippen molar-refractivity contribution >= 4 is 52.3 Å². The second-order valence-corrected chi connectivity index (χ2v) is 10.6. The van der Waals surface area contributed by atoms with Gasteiger partial charge in [-0.25, -0.2) is 0 Å². The molecule has 1 saturated heterocycles. The van der Waals surface area contributed by atoms with Crippen LogP contribution in [-0.4, -0.2) is 27.4 Å². The molecule has 2 aromatic carbocycles. The predicted octanol–water partition coefficient (Wildman–Crippen LogP) is 6.79. The number of nitrogens with zero attached hydrogens (tertiary/aromatic N) is 2. The van der Waals surface area contributed by atoms with Crippen LogP contribution in [0.1, 0.15) is 35.5 Å². The number of aryl methyl sites for hydroxylation is 1. The van der Waals surface area contributed by atoms with Crippen LogP contribution in [0.3, 0.4) is 0 Å². The first-order chi connectivity index (χ1) is 18.0. The van der Waals surface area contributed by atoms with Crippen molar-refractivity contribution in [3.05, 3.63) is 107 Å². The van der Waals surface area contributed by atoms with Gasteiger partial charge in [0.1, 0.15) is 11.8 Å². The lowest BCUT2D eigenvalue weighted by atomic mass is 10.0. The molecule has 1 aliphatic rings. The van der Waals surface area contributed by atoms with Crippen LogP contribution in [0.2, 0.25) is 5.02 Å². The van der Waals surface area contributed by atoms with E-state index in [1.165, 1.54) is 11.8 Å². The Labute approximate surface area is 230 Å². The van der Waals surface area contributed by atoms with Gasteiger partial charge in [0.2, 0.25) is 5.91 Å². The molecule has 0 aliphatic carbocycles. The maximum Gasteiger partial charge on any atom is 0.226 e. The first-order valence-corrected chi connectivity index (χ1v) is 13.4. The summed E-state index contributed by atoms with van der Waals surface area (Å²) in [5, 5.41) is 8.38. The van der Waals surface area contributed by atoms with Gasteiger partial charge in [-0.05, 0) is 85.4 Å². The number of pyridine rings is 1. The van der Waals surface area contributed by atoms with Gasteiger partial charge in [-0.2, -0.15) is 0 Å². The second-order valence-electron chi connectivity index (χ2n) is 8.70. The minimum absolute atomic E-state index is 0.0770. The number of carbonyl (C=O) groups is 1. The fourth-order valence-corrected chi connectivity index (χ4v) is 5.53. The van der Waals surface area contributed by atoms with Gasteiger partial charge in [0.05, 0.1) is 11.7 Å². The summed E-state index contributed by atoms with van der Waals surface area (Å²) >= 11 is 13.3. The number of amides is 1. The summed E-state index contributed by atoms with van der Waals surface area (Å²) in [6.07, 6.45) is 2.04. The van der Waals surface area contributed by atoms with E-state index < -0.39 is 0 Å². The molecule has 1 amide bonds. The second kappa shape index (κ2) is 11.4. The third kappa shape index (κ3) is 6.15. The van der Waals surface area contributed by atoms with E-state index in [1.807, 2.05) is 90.7 Å². The normalized spacial score (nSPS) is 17.0. The number of benzene rings is 2. The predicted molar refractivity (Wildman–Crippen MR) is 151 cm³/mol. The van der Waals surface area contributed by atoms with E-state index >= 15 is 0 Å². The fraction of sp³-hybridized carbons (Fsp3) is 0.179. The number of hydrogen-bond acceptors (Lipinski definition) is 5. The lowest BCUT2D eigenvalue weighted by molar-refractivity contribution is -0.116. The number of halogens is 1. The molecule has 4 aromatic rings. The molecule has 3 heterocycles. The SMILES string of the molecule is Cc1cccc(NC(=O)CCN2C(=S)NC(c3ccccn3)C2c2ccc(Sc3ccc(Cl)cc3)o2)c1. The standard InChI is InChI=1S/C28H25ClN4O2S2/c1-18-5-4-6-20(17-18)31-24(34)14-16-33-27(26(32-28(33)36)22-7-2-3-15-30-22)23-12-13-25(35-23)37-21-10-8-19(29)9-11-21/h2-13,15,17,26-27H,14,16H2,1H3,(H,31,34)(H,32,36). The van der Waals surface area contributed by atoms with Gasteiger partial charge < -0.3 is 20.0 Å². The highest BCUT2D eigenvalue weighted by atomic mass is 35.5. The Bertz CT molecular complexity index is 1390. The summed E-state index contributed by atoms with van der Waals surface area (Å²) < 4.78 is 6.31. The minimum Gasteiger partial charge on any atom is -0.452 e. The van der Waals surface area contributed by atoms with Gasteiger partial charge in [-0.3, -0.25) is 9.78 Å². The van der Waals surface area contributed by atoms with Crippen molar-refractivity contribution in [3.8, 4) is 0 Å². The molecule has 2 atom stereocenters. The van der Waals surface area contributed by atoms with Gasteiger partial charge in [-0.1, -0.05) is 41.6 Å². The van der Waals surface area contributed by atoms with Crippen LogP contribution in [0.4, 0.5) is 5.69 Å². The summed E-state index contributed by atoms with van der Waals surface area (Å²) in [7, 11) is 0.